The third-order valence-corrected chi connectivity index (χ3v) is 6.26. The first kappa shape index (κ1) is 13.9. The number of hydrogen-bond donors (Lipinski definition) is 0. The molecule has 0 spiro atoms. The molecule has 3 fully saturated rings. The third kappa shape index (κ3) is 1.73. The lowest BCUT2D eigenvalue weighted by Gasteiger charge is -2.43. The molecule has 1 aliphatic heterocycles. The van der Waals surface area contributed by atoms with Crippen molar-refractivity contribution in [2.45, 2.75) is 58.4 Å². The molecule has 20 heavy (non-hydrogen) atoms. The van der Waals surface area contributed by atoms with E-state index < -0.39 is 0 Å². The summed E-state index contributed by atoms with van der Waals surface area (Å²) in [7, 11) is 0. The van der Waals surface area contributed by atoms with Gasteiger partial charge < -0.3 is 9.64 Å². The molecule has 1 heterocycles. The molecule has 3 rings (SSSR count). The number of rotatable bonds is 2. The minimum atomic E-state index is -0.216. The lowest BCUT2D eigenvalue weighted by Crippen LogP contribution is -2.53. The van der Waals surface area contributed by atoms with E-state index in [-0.39, 0.29) is 17.4 Å². The minimum absolute atomic E-state index is 0.109. The minimum Gasteiger partial charge on any atom is -0.465 e. The Morgan fingerprint density at radius 1 is 1.30 bits per heavy atom. The first-order valence-corrected chi connectivity index (χ1v) is 7.82. The van der Waals surface area contributed by atoms with Crippen LogP contribution in [0, 0.1) is 17.3 Å². The molecule has 0 N–H and O–H groups in total. The quantitative estimate of drug-likeness (QED) is 0.729. The second-order valence-corrected chi connectivity index (χ2v) is 7.20. The molecular formula is C16H25NO3. The van der Waals surface area contributed by atoms with Crippen LogP contribution in [0.2, 0.25) is 0 Å². The maximum Gasteiger partial charge on any atom is 0.302 e. The van der Waals surface area contributed by atoms with Crippen LogP contribution in [0.1, 0.15) is 52.9 Å². The first-order chi connectivity index (χ1) is 9.40. The Morgan fingerprint density at radius 3 is 2.65 bits per heavy atom. The lowest BCUT2D eigenvalue weighted by atomic mass is 9.68. The van der Waals surface area contributed by atoms with Crippen molar-refractivity contribution < 1.29 is 14.3 Å². The molecule has 0 radical (unpaired) electrons. The average molecular weight is 279 g/mol. The van der Waals surface area contributed by atoms with Crippen LogP contribution in [0.4, 0.5) is 0 Å². The Balaban J connectivity index is 1.91. The summed E-state index contributed by atoms with van der Waals surface area (Å²) in [6.07, 6.45) is 6.11. The Labute approximate surface area is 120 Å². The summed E-state index contributed by atoms with van der Waals surface area (Å²) in [5.41, 5.74) is 0.186. The van der Waals surface area contributed by atoms with Gasteiger partial charge in [0, 0.05) is 31.8 Å². The van der Waals surface area contributed by atoms with Gasteiger partial charge in [-0.15, -0.1) is 0 Å². The predicted octanol–water partition coefficient (Wildman–Crippen LogP) is 2.37. The molecule has 2 bridgehead atoms. The highest BCUT2D eigenvalue weighted by molar-refractivity contribution is 5.75. The Morgan fingerprint density at radius 2 is 2.05 bits per heavy atom. The maximum atomic E-state index is 12.1. The maximum absolute atomic E-state index is 12.1. The number of esters is 1. The summed E-state index contributed by atoms with van der Waals surface area (Å²) in [6.45, 7) is 6.75. The van der Waals surface area contributed by atoms with Gasteiger partial charge in [0.15, 0.2) is 0 Å². The highest BCUT2D eigenvalue weighted by atomic mass is 16.5. The van der Waals surface area contributed by atoms with Crippen LogP contribution < -0.4 is 0 Å². The van der Waals surface area contributed by atoms with Crippen LogP contribution in [0.5, 0.6) is 0 Å². The molecule has 1 saturated heterocycles. The van der Waals surface area contributed by atoms with Gasteiger partial charge in [-0.25, -0.2) is 0 Å². The zero-order chi connectivity index (χ0) is 14.5. The van der Waals surface area contributed by atoms with Crippen molar-refractivity contribution in [2.24, 2.45) is 17.3 Å². The number of piperidine rings is 1. The molecular weight excluding hydrogens is 254 g/mol. The van der Waals surface area contributed by atoms with Crippen molar-refractivity contribution in [3.63, 3.8) is 0 Å². The fourth-order valence-corrected chi connectivity index (χ4v) is 5.49. The summed E-state index contributed by atoms with van der Waals surface area (Å²) in [4.78, 5) is 25.3. The molecule has 0 unspecified atom stereocenters. The van der Waals surface area contributed by atoms with Gasteiger partial charge in [-0.3, -0.25) is 9.59 Å². The summed E-state index contributed by atoms with van der Waals surface area (Å²) in [5, 5.41) is 0. The number of carbonyl (C=O) groups excluding carboxylic acids is 2. The SMILES string of the molecule is CC(=O)OC[C@H]1C[C@]23CCCC[C@@H]2[C@@]1(C)N(C(C)=O)C3. The summed E-state index contributed by atoms with van der Waals surface area (Å²) in [6, 6.07) is 0. The normalized spacial score (nSPS) is 42.5. The fraction of sp³-hybridized carbons (Fsp3) is 0.875. The van der Waals surface area contributed by atoms with E-state index in [1.54, 1.807) is 6.92 Å². The van der Waals surface area contributed by atoms with E-state index in [9.17, 15) is 9.59 Å². The Bertz CT molecular complexity index is 449. The van der Waals surface area contributed by atoms with Crippen molar-refractivity contribution in [2.75, 3.05) is 13.2 Å². The molecule has 4 nitrogen and oxygen atoms in total. The third-order valence-electron chi connectivity index (χ3n) is 6.26. The van der Waals surface area contributed by atoms with E-state index in [2.05, 4.69) is 11.8 Å². The van der Waals surface area contributed by atoms with Gasteiger partial charge >= 0.3 is 5.97 Å². The van der Waals surface area contributed by atoms with Gasteiger partial charge in [0.2, 0.25) is 5.91 Å². The predicted molar refractivity (Wildman–Crippen MR) is 74.9 cm³/mol. The molecule has 1 amide bonds. The molecule has 0 aromatic heterocycles. The molecule has 0 aromatic carbocycles. The smallest absolute Gasteiger partial charge is 0.302 e. The van der Waals surface area contributed by atoms with Crippen molar-refractivity contribution in [1.29, 1.82) is 0 Å². The van der Waals surface area contributed by atoms with E-state index in [1.807, 2.05) is 0 Å². The highest BCUT2D eigenvalue weighted by Gasteiger charge is 2.68. The van der Waals surface area contributed by atoms with Crippen LogP contribution in [-0.4, -0.2) is 35.5 Å². The summed E-state index contributed by atoms with van der Waals surface area (Å²) in [5.74, 6) is 0.848. The first-order valence-electron chi connectivity index (χ1n) is 7.82. The average Bonchev–Trinajstić information content (AvgIpc) is 2.80. The van der Waals surface area contributed by atoms with Crippen molar-refractivity contribution in [3.8, 4) is 0 Å². The second-order valence-electron chi connectivity index (χ2n) is 7.20. The number of likely N-dealkylation sites (tertiary alicyclic amines) is 1. The largest absolute Gasteiger partial charge is 0.465 e. The van der Waals surface area contributed by atoms with Gasteiger partial charge in [-0.1, -0.05) is 12.8 Å². The number of ether oxygens (including phenoxy) is 1. The van der Waals surface area contributed by atoms with Gasteiger partial charge in [0.25, 0.3) is 0 Å². The zero-order valence-electron chi connectivity index (χ0n) is 12.8. The Hall–Kier alpha value is -1.06. The van der Waals surface area contributed by atoms with Gasteiger partial charge in [-0.2, -0.15) is 0 Å². The van der Waals surface area contributed by atoms with E-state index in [4.69, 9.17) is 4.74 Å². The molecule has 4 atom stereocenters. The van der Waals surface area contributed by atoms with Crippen LogP contribution in [0.15, 0.2) is 0 Å². The van der Waals surface area contributed by atoms with Gasteiger partial charge in [-0.05, 0) is 37.5 Å². The van der Waals surface area contributed by atoms with E-state index in [0.29, 0.717) is 23.9 Å². The van der Waals surface area contributed by atoms with Crippen LogP contribution in [0.25, 0.3) is 0 Å². The van der Waals surface area contributed by atoms with Crippen molar-refractivity contribution in [1.82, 2.24) is 4.90 Å². The summed E-state index contributed by atoms with van der Waals surface area (Å²) >= 11 is 0. The van der Waals surface area contributed by atoms with E-state index >= 15 is 0 Å². The molecule has 3 aliphatic rings. The second kappa shape index (κ2) is 4.47. The van der Waals surface area contributed by atoms with E-state index in [1.165, 1.54) is 32.6 Å². The molecule has 0 aromatic rings. The Kier molecular flexibility index (Phi) is 3.11. The number of nitrogens with zero attached hydrogens (tertiary/aromatic N) is 1. The highest BCUT2D eigenvalue weighted by Crippen LogP contribution is 2.66. The molecule has 2 aliphatic carbocycles. The molecule has 4 heteroatoms. The zero-order valence-corrected chi connectivity index (χ0v) is 12.8. The lowest BCUT2D eigenvalue weighted by molar-refractivity contribution is -0.146. The summed E-state index contributed by atoms with van der Waals surface area (Å²) < 4.78 is 5.30. The van der Waals surface area contributed by atoms with Gasteiger partial charge in [0.05, 0.1) is 6.61 Å². The number of amides is 1. The van der Waals surface area contributed by atoms with Crippen LogP contribution >= 0.6 is 0 Å². The topological polar surface area (TPSA) is 46.6 Å². The molecule has 112 valence electrons. The van der Waals surface area contributed by atoms with Gasteiger partial charge in [0.1, 0.15) is 0 Å². The van der Waals surface area contributed by atoms with Crippen LogP contribution in [0.3, 0.4) is 0 Å². The number of carbonyl (C=O) groups is 2. The van der Waals surface area contributed by atoms with Crippen molar-refractivity contribution in [3.05, 3.63) is 0 Å². The standard InChI is InChI=1S/C16H25NO3/c1-11(18)17-10-16-7-5-4-6-14(16)15(17,3)13(8-16)9-20-12(2)19/h13-14H,4-10H2,1-3H3/t13-,14-,15+,16+/m1/s1. The van der Waals surface area contributed by atoms with Crippen molar-refractivity contribution >= 4 is 11.9 Å². The molecule has 2 saturated carbocycles. The number of hydrogen-bond acceptors (Lipinski definition) is 3. The monoisotopic (exact) mass is 279 g/mol. The fourth-order valence-electron chi connectivity index (χ4n) is 5.49. The van der Waals surface area contributed by atoms with E-state index in [0.717, 1.165) is 13.0 Å². The van der Waals surface area contributed by atoms with Crippen LogP contribution in [-0.2, 0) is 14.3 Å².